The third-order valence-corrected chi connectivity index (χ3v) is 5.69. The molecule has 0 aromatic carbocycles. The Labute approximate surface area is 126 Å². The zero-order valence-electron chi connectivity index (χ0n) is 8.93. The molecule has 0 fully saturated rings. The van der Waals surface area contributed by atoms with E-state index in [0.29, 0.717) is 5.15 Å². The first-order chi connectivity index (χ1) is 8.06. The smallest absolute Gasteiger partial charge is 0.129 e. The van der Waals surface area contributed by atoms with Crippen molar-refractivity contribution in [1.82, 2.24) is 4.98 Å². The number of anilines is 1. The van der Waals surface area contributed by atoms with E-state index in [-0.39, 0.29) is 0 Å². The molecule has 0 spiro atoms. The second-order valence-electron chi connectivity index (χ2n) is 3.51. The van der Waals surface area contributed by atoms with Crippen LogP contribution < -0.4 is 5.32 Å². The normalized spacial score (nSPS) is 10.6. The molecule has 0 saturated carbocycles. The van der Waals surface area contributed by atoms with Crippen LogP contribution in [0.15, 0.2) is 26.6 Å². The zero-order chi connectivity index (χ0) is 12.4. The molecule has 0 atom stereocenters. The fourth-order valence-corrected chi connectivity index (χ4v) is 3.70. The summed E-state index contributed by atoms with van der Waals surface area (Å²) >= 11 is 14.5. The van der Waals surface area contributed by atoms with Crippen LogP contribution in [0.25, 0.3) is 0 Å². The van der Waals surface area contributed by atoms with Crippen LogP contribution in [0.4, 0.5) is 5.69 Å². The quantitative estimate of drug-likeness (QED) is 0.718. The maximum Gasteiger partial charge on any atom is 0.129 e. The summed E-state index contributed by atoms with van der Waals surface area (Å²) in [5.41, 5.74) is 2.11. The van der Waals surface area contributed by atoms with Crippen LogP contribution in [0.1, 0.15) is 10.4 Å². The predicted molar refractivity (Wildman–Crippen MR) is 81.0 cm³/mol. The Morgan fingerprint density at radius 3 is 2.76 bits per heavy atom. The molecule has 2 heterocycles. The molecule has 0 bridgehead atoms. The molecule has 0 radical (unpaired) electrons. The monoisotopic (exact) mass is 394 g/mol. The van der Waals surface area contributed by atoms with E-state index in [1.807, 2.05) is 13.0 Å². The van der Waals surface area contributed by atoms with E-state index in [1.54, 1.807) is 17.5 Å². The third-order valence-electron chi connectivity index (χ3n) is 2.23. The lowest BCUT2D eigenvalue weighted by Gasteiger charge is -2.07. The molecule has 90 valence electrons. The van der Waals surface area contributed by atoms with Crippen LogP contribution in [0.2, 0.25) is 5.15 Å². The highest BCUT2D eigenvalue weighted by Crippen LogP contribution is 2.32. The minimum absolute atomic E-state index is 0.523. The molecular formula is C11H9Br2ClN2S. The van der Waals surface area contributed by atoms with Crippen molar-refractivity contribution in [2.75, 3.05) is 5.32 Å². The number of aromatic nitrogens is 1. The Morgan fingerprint density at radius 2 is 2.18 bits per heavy atom. The first-order valence-corrected chi connectivity index (χ1v) is 7.64. The van der Waals surface area contributed by atoms with Gasteiger partial charge in [0.1, 0.15) is 5.15 Å². The number of hydrogen-bond acceptors (Lipinski definition) is 3. The summed E-state index contributed by atoms with van der Waals surface area (Å²) < 4.78 is 2.20. The standard InChI is InChI=1S/C11H9Br2ClN2S/c1-6-2-10(14)16-5-9(6)15-4-7-3-8(12)11(13)17-7/h2-3,5,15H,4H2,1H3. The summed E-state index contributed by atoms with van der Waals surface area (Å²) in [7, 11) is 0. The minimum atomic E-state index is 0.523. The Bertz CT molecular complexity index is 523. The van der Waals surface area contributed by atoms with E-state index in [4.69, 9.17) is 11.6 Å². The van der Waals surface area contributed by atoms with Crippen LogP contribution >= 0.6 is 54.8 Å². The lowest BCUT2D eigenvalue weighted by atomic mass is 10.2. The summed E-state index contributed by atoms with van der Waals surface area (Å²) in [6.07, 6.45) is 1.76. The number of nitrogens with one attached hydrogen (secondary N) is 1. The molecule has 17 heavy (non-hydrogen) atoms. The number of halogens is 3. The molecule has 6 heteroatoms. The maximum absolute atomic E-state index is 5.81. The average molecular weight is 397 g/mol. The lowest BCUT2D eigenvalue weighted by molar-refractivity contribution is 1.15. The van der Waals surface area contributed by atoms with Gasteiger partial charge in [-0.05, 0) is 56.5 Å². The van der Waals surface area contributed by atoms with Crippen molar-refractivity contribution in [3.63, 3.8) is 0 Å². The molecule has 0 aliphatic carbocycles. The number of pyridine rings is 1. The summed E-state index contributed by atoms with van der Waals surface area (Å²) in [5.74, 6) is 0. The molecule has 1 N–H and O–H groups in total. The number of hydrogen-bond donors (Lipinski definition) is 1. The SMILES string of the molecule is Cc1cc(Cl)ncc1NCc1cc(Br)c(Br)s1. The van der Waals surface area contributed by atoms with Crippen LogP contribution in [0.5, 0.6) is 0 Å². The van der Waals surface area contributed by atoms with Gasteiger partial charge < -0.3 is 5.32 Å². The average Bonchev–Trinajstić information content (AvgIpc) is 2.57. The highest BCUT2D eigenvalue weighted by Gasteiger charge is 2.05. The molecule has 0 unspecified atom stereocenters. The van der Waals surface area contributed by atoms with E-state index in [9.17, 15) is 0 Å². The molecule has 0 aliphatic rings. The van der Waals surface area contributed by atoms with Gasteiger partial charge in [0.25, 0.3) is 0 Å². The van der Waals surface area contributed by atoms with E-state index in [2.05, 4.69) is 48.2 Å². The first-order valence-electron chi connectivity index (χ1n) is 4.86. The summed E-state index contributed by atoms with van der Waals surface area (Å²) in [4.78, 5) is 5.31. The van der Waals surface area contributed by atoms with Gasteiger partial charge in [-0.25, -0.2) is 4.98 Å². The summed E-state index contributed by atoms with van der Waals surface area (Å²) in [6.45, 7) is 2.79. The van der Waals surface area contributed by atoms with Crippen LogP contribution in [-0.4, -0.2) is 4.98 Å². The summed E-state index contributed by atoms with van der Waals surface area (Å²) in [5, 5.41) is 3.87. The van der Waals surface area contributed by atoms with Gasteiger partial charge in [0.2, 0.25) is 0 Å². The first kappa shape index (κ1) is 13.3. The second-order valence-corrected chi connectivity index (χ2v) is 7.21. The number of aryl methyl sites for hydroxylation is 1. The molecule has 2 nitrogen and oxygen atoms in total. The highest BCUT2D eigenvalue weighted by molar-refractivity contribution is 9.13. The van der Waals surface area contributed by atoms with Crippen molar-refractivity contribution in [2.45, 2.75) is 13.5 Å². The number of thiophene rings is 1. The van der Waals surface area contributed by atoms with Crippen molar-refractivity contribution >= 4 is 60.5 Å². The molecule has 2 aromatic heterocycles. The van der Waals surface area contributed by atoms with Crippen LogP contribution in [0.3, 0.4) is 0 Å². The number of nitrogens with zero attached hydrogens (tertiary/aromatic N) is 1. The van der Waals surface area contributed by atoms with Crippen LogP contribution in [0, 0.1) is 6.92 Å². The predicted octanol–water partition coefficient (Wildman–Crippen LogP) is 5.24. The van der Waals surface area contributed by atoms with Gasteiger partial charge in [0, 0.05) is 15.9 Å². The van der Waals surface area contributed by atoms with Crippen molar-refractivity contribution in [3.05, 3.63) is 42.2 Å². The lowest BCUT2D eigenvalue weighted by Crippen LogP contribution is -1.99. The molecule has 0 saturated heterocycles. The second kappa shape index (κ2) is 5.69. The van der Waals surface area contributed by atoms with E-state index < -0.39 is 0 Å². The minimum Gasteiger partial charge on any atom is -0.379 e. The topological polar surface area (TPSA) is 24.9 Å². The summed E-state index contributed by atoms with van der Waals surface area (Å²) in [6, 6.07) is 3.95. The van der Waals surface area contributed by atoms with Gasteiger partial charge in [-0.15, -0.1) is 11.3 Å². The van der Waals surface area contributed by atoms with E-state index in [0.717, 1.165) is 26.1 Å². The van der Waals surface area contributed by atoms with E-state index in [1.165, 1.54) is 4.88 Å². The third kappa shape index (κ3) is 3.44. The zero-order valence-corrected chi connectivity index (χ0v) is 13.7. The Hall–Kier alpha value is -0.1000. The van der Waals surface area contributed by atoms with Crippen molar-refractivity contribution in [2.24, 2.45) is 0 Å². The van der Waals surface area contributed by atoms with Gasteiger partial charge in [0.15, 0.2) is 0 Å². The van der Waals surface area contributed by atoms with Gasteiger partial charge in [-0.2, -0.15) is 0 Å². The fraction of sp³-hybridized carbons (Fsp3) is 0.182. The van der Waals surface area contributed by atoms with Gasteiger partial charge in [0.05, 0.1) is 15.7 Å². The van der Waals surface area contributed by atoms with Gasteiger partial charge in [-0.3, -0.25) is 0 Å². The van der Waals surface area contributed by atoms with Crippen LogP contribution in [-0.2, 0) is 6.54 Å². The number of rotatable bonds is 3. The Kier molecular flexibility index (Phi) is 4.47. The van der Waals surface area contributed by atoms with Crippen molar-refractivity contribution in [1.29, 1.82) is 0 Å². The van der Waals surface area contributed by atoms with Gasteiger partial charge in [-0.1, -0.05) is 11.6 Å². The van der Waals surface area contributed by atoms with E-state index >= 15 is 0 Å². The fourth-order valence-electron chi connectivity index (χ4n) is 1.37. The largest absolute Gasteiger partial charge is 0.379 e. The Balaban J connectivity index is 2.07. The van der Waals surface area contributed by atoms with Gasteiger partial charge >= 0.3 is 0 Å². The molecule has 2 aromatic rings. The maximum atomic E-state index is 5.81. The molecular weight excluding hydrogens is 387 g/mol. The molecule has 2 rings (SSSR count). The molecule has 0 aliphatic heterocycles. The highest BCUT2D eigenvalue weighted by atomic mass is 79.9. The Morgan fingerprint density at radius 1 is 1.41 bits per heavy atom. The molecule has 0 amide bonds. The van der Waals surface area contributed by atoms with Crippen molar-refractivity contribution < 1.29 is 0 Å². The van der Waals surface area contributed by atoms with Crippen molar-refractivity contribution in [3.8, 4) is 0 Å².